The van der Waals surface area contributed by atoms with Crippen LogP contribution in [0.4, 0.5) is 4.79 Å². The summed E-state index contributed by atoms with van der Waals surface area (Å²) in [6.07, 6.45) is 1.83. The molecule has 1 aliphatic rings. The number of aliphatic hydroxyl groups is 1. The molecule has 1 fully saturated rings. The average molecular weight is 321 g/mol. The quantitative estimate of drug-likeness (QED) is 0.904. The number of nitrogens with zero attached hydrogens (tertiary/aromatic N) is 1. The van der Waals surface area contributed by atoms with Gasteiger partial charge in [0.2, 0.25) is 0 Å². The van der Waals surface area contributed by atoms with Crippen LogP contribution in [-0.4, -0.2) is 47.0 Å². The van der Waals surface area contributed by atoms with Gasteiger partial charge in [0, 0.05) is 19.1 Å². The lowest BCUT2D eigenvalue weighted by atomic mass is 10.1. The Kier molecular flexibility index (Phi) is 5.88. The number of rotatable bonds is 5. The molecule has 0 spiro atoms. The molecular weight excluding hydrogens is 294 g/mol. The summed E-state index contributed by atoms with van der Waals surface area (Å²) < 4.78 is 11.5. The molecule has 5 heteroatoms. The first-order valence-electron chi connectivity index (χ1n) is 8.21. The number of hydrogen-bond acceptors (Lipinski definition) is 4. The number of hydrogen-bond donors (Lipinski definition) is 1. The molecule has 5 nitrogen and oxygen atoms in total. The van der Waals surface area contributed by atoms with E-state index in [0.717, 1.165) is 18.6 Å². The predicted molar refractivity (Wildman–Crippen MR) is 88.5 cm³/mol. The van der Waals surface area contributed by atoms with Gasteiger partial charge in [-0.25, -0.2) is 4.79 Å². The fourth-order valence-corrected chi connectivity index (χ4v) is 2.80. The van der Waals surface area contributed by atoms with Crippen molar-refractivity contribution in [2.75, 3.05) is 13.2 Å². The first-order valence-corrected chi connectivity index (χ1v) is 8.21. The van der Waals surface area contributed by atoms with Crippen molar-refractivity contribution in [1.29, 1.82) is 0 Å². The highest BCUT2D eigenvalue weighted by atomic mass is 16.6. The van der Waals surface area contributed by atoms with Crippen LogP contribution in [-0.2, 0) is 4.74 Å². The number of carbonyl (C=O) groups excluding carboxylic acids is 1. The molecule has 1 heterocycles. The summed E-state index contributed by atoms with van der Waals surface area (Å²) in [7, 11) is 0. The van der Waals surface area contributed by atoms with Crippen LogP contribution < -0.4 is 4.74 Å². The van der Waals surface area contributed by atoms with E-state index >= 15 is 0 Å². The van der Waals surface area contributed by atoms with Crippen molar-refractivity contribution in [3.63, 3.8) is 0 Å². The van der Waals surface area contributed by atoms with Gasteiger partial charge in [-0.05, 0) is 45.7 Å². The smallest absolute Gasteiger partial charge is 0.410 e. The Labute approximate surface area is 138 Å². The Morgan fingerprint density at radius 2 is 2.00 bits per heavy atom. The average Bonchev–Trinajstić information content (AvgIpc) is 2.87. The summed E-state index contributed by atoms with van der Waals surface area (Å²) >= 11 is 0. The summed E-state index contributed by atoms with van der Waals surface area (Å²) in [6, 6.07) is 9.68. The van der Waals surface area contributed by atoms with Gasteiger partial charge in [-0.3, -0.25) is 0 Å². The molecule has 1 aliphatic heterocycles. The fourth-order valence-electron chi connectivity index (χ4n) is 2.80. The zero-order chi connectivity index (χ0) is 16.9. The van der Waals surface area contributed by atoms with E-state index in [0.29, 0.717) is 13.0 Å². The van der Waals surface area contributed by atoms with Crippen LogP contribution in [0.3, 0.4) is 0 Å². The monoisotopic (exact) mass is 321 g/mol. The number of para-hydroxylation sites is 1. The third-order valence-corrected chi connectivity index (χ3v) is 3.75. The Morgan fingerprint density at radius 1 is 1.30 bits per heavy atom. The zero-order valence-corrected chi connectivity index (χ0v) is 14.2. The minimum Gasteiger partial charge on any atom is -0.489 e. The molecule has 0 radical (unpaired) electrons. The van der Waals surface area contributed by atoms with Crippen molar-refractivity contribution in [1.82, 2.24) is 4.90 Å². The molecule has 2 atom stereocenters. The van der Waals surface area contributed by atoms with Gasteiger partial charge in [0.05, 0.1) is 6.54 Å². The Balaban J connectivity index is 2.01. The summed E-state index contributed by atoms with van der Waals surface area (Å²) in [5, 5.41) is 9.07. The summed E-state index contributed by atoms with van der Waals surface area (Å²) in [4.78, 5) is 14.2. The fraction of sp³-hybridized carbons (Fsp3) is 0.611. The number of likely N-dealkylation sites (tertiary alicyclic amines) is 1. The third-order valence-electron chi connectivity index (χ3n) is 3.75. The van der Waals surface area contributed by atoms with E-state index in [9.17, 15) is 4.79 Å². The second-order valence-corrected chi connectivity index (χ2v) is 6.94. The molecule has 23 heavy (non-hydrogen) atoms. The molecule has 0 aromatic heterocycles. The van der Waals surface area contributed by atoms with E-state index in [1.807, 2.05) is 51.1 Å². The van der Waals surface area contributed by atoms with Gasteiger partial charge in [-0.15, -0.1) is 0 Å². The molecule has 1 aromatic carbocycles. The van der Waals surface area contributed by atoms with Crippen molar-refractivity contribution in [3.05, 3.63) is 30.3 Å². The molecule has 128 valence electrons. The molecule has 0 aliphatic carbocycles. The molecule has 1 N–H and O–H groups in total. The zero-order valence-electron chi connectivity index (χ0n) is 14.2. The van der Waals surface area contributed by atoms with Crippen molar-refractivity contribution in [2.24, 2.45) is 0 Å². The minimum absolute atomic E-state index is 0.0470. The number of benzene rings is 1. The number of aliphatic hydroxyl groups excluding tert-OH is 1. The van der Waals surface area contributed by atoms with E-state index in [1.165, 1.54) is 0 Å². The maximum absolute atomic E-state index is 12.4. The van der Waals surface area contributed by atoms with E-state index in [1.54, 1.807) is 4.90 Å². The largest absolute Gasteiger partial charge is 0.489 e. The third kappa shape index (κ3) is 5.43. The number of amides is 1. The molecule has 0 unspecified atom stereocenters. The maximum Gasteiger partial charge on any atom is 0.410 e. The van der Waals surface area contributed by atoms with E-state index in [2.05, 4.69) is 0 Å². The number of ether oxygens (including phenoxy) is 2. The molecule has 1 saturated heterocycles. The van der Waals surface area contributed by atoms with Crippen molar-refractivity contribution in [3.8, 4) is 5.75 Å². The van der Waals surface area contributed by atoms with Crippen LogP contribution in [0, 0.1) is 0 Å². The van der Waals surface area contributed by atoms with Gasteiger partial charge in [-0.2, -0.15) is 0 Å². The Morgan fingerprint density at radius 3 is 2.61 bits per heavy atom. The first-order chi connectivity index (χ1) is 10.9. The summed E-state index contributed by atoms with van der Waals surface area (Å²) in [5.74, 6) is 0.810. The highest BCUT2D eigenvalue weighted by Crippen LogP contribution is 2.27. The van der Waals surface area contributed by atoms with Gasteiger partial charge >= 0.3 is 6.09 Å². The lowest BCUT2D eigenvalue weighted by Crippen LogP contribution is -2.40. The molecule has 0 saturated carbocycles. The summed E-state index contributed by atoms with van der Waals surface area (Å²) in [6.45, 7) is 6.23. The lowest BCUT2D eigenvalue weighted by Gasteiger charge is -2.28. The minimum atomic E-state index is -0.517. The van der Waals surface area contributed by atoms with Crippen LogP contribution in [0.2, 0.25) is 0 Å². The van der Waals surface area contributed by atoms with Crippen LogP contribution in [0.5, 0.6) is 5.75 Å². The Hall–Kier alpha value is -1.75. The standard InChI is InChI=1S/C18H27NO4/c1-18(2,3)23-17(21)19-13-16(12-14(19)8-7-11-20)22-15-9-5-4-6-10-15/h4-6,9-10,14,16,20H,7-8,11-13H2,1-3H3/t14-,16+/m1/s1. The van der Waals surface area contributed by atoms with Crippen molar-refractivity contribution in [2.45, 2.75) is 57.8 Å². The topological polar surface area (TPSA) is 59.0 Å². The predicted octanol–water partition coefficient (Wildman–Crippen LogP) is 3.22. The van der Waals surface area contributed by atoms with Gasteiger partial charge < -0.3 is 19.5 Å². The molecule has 1 aromatic rings. The SMILES string of the molecule is CC(C)(C)OC(=O)N1C[C@@H](Oc2ccccc2)C[C@H]1CCCO. The number of carbonyl (C=O) groups is 1. The van der Waals surface area contributed by atoms with Crippen LogP contribution in [0.1, 0.15) is 40.0 Å². The van der Waals surface area contributed by atoms with Gasteiger partial charge in [0.15, 0.2) is 0 Å². The van der Waals surface area contributed by atoms with Gasteiger partial charge in [-0.1, -0.05) is 18.2 Å². The van der Waals surface area contributed by atoms with Crippen LogP contribution in [0.25, 0.3) is 0 Å². The normalized spacial score (nSPS) is 21.3. The highest BCUT2D eigenvalue weighted by molar-refractivity contribution is 5.69. The molecule has 2 rings (SSSR count). The van der Waals surface area contributed by atoms with E-state index < -0.39 is 5.60 Å². The molecule has 1 amide bonds. The van der Waals surface area contributed by atoms with E-state index in [4.69, 9.17) is 14.6 Å². The highest BCUT2D eigenvalue weighted by Gasteiger charge is 2.38. The summed E-state index contributed by atoms with van der Waals surface area (Å²) in [5.41, 5.74) is -0.517. The van der Waals surface area contributed by atoms with E-state index in [-0.39, 0.29) is 24.8 Å². The van der Waals surface area contributed by atoms with Gasteiger partial charge in [0.25, 0.3) is 0 Å². The molecule has 0 bridgehead atoms. The Bertz CT molecular complexity index is 497. The second kappa shape index (κ2) is 7.68. The lowest BCUT2D eigenvalue weighted by molar-refractivity contribution is 0.0202. The van der Waals surface area contributed by atoms with Crippen LogP contribution >= 0.6 is 0 Å². The van der Waals surface area contributed by atoms with Crippen molar-refractivity contribution < 1.29 is 19.4 Å². The van der Waals surface area contributed by atoms with Gasteiger partial charge in [0.1, 0.15) is 17.5 Å². The molecular formula is C18H27NO4. The van der Waals surface area contributed by atoms with Crippen LogP contribution in [0.15, 0.2) is 30.3 Å². The first kappa shape index (κ1) is 17.6. The second-order valence-electron chi connectivity index (χ2n) is 6.94. The maximum atomic E-state index is 12.4. The van der Waals surface area contributed by atoms with Crippen molar-refractivity contribution >= 4 is 6.09 Å².